The summed E-state index contributed by atoms with van der Waals surface area (Å²) in [5.41, 5.74) is 3.88. The zero-order valence-corrected chi connectivity index (χ0v) is 12.9. The quantitative estimate of drug-likeness (QED) is 0.799. The highest BCUT2D eigenvalue weighted by Gasteiger charge is 2.43. The number of anilines is 1. The second kappa shape index (κ2) is 4.83. The summed E-state index contributed by atoms with van der Waals surface area (Å²) in [7, 11) is 0. The van der Waals surface area contributed by atoms with E-state index < -0.39 is 5.67 Å². The molecule has 120 valence electrons. The highest BCUT2D eigenvalue weighted by atomic mass is 19.1. The minimum atomic E-state index is -1.06. The van der Waals surface area contributed by atoms with Gasteiger partial charge in [-0.1, -0.05) is 6.08 Å². The first-order chi connectivity index (χ1) is 11.7. The molecule has 2 aliphatic rings. The number of rotatable bonds is 4. The molecule has 0 spiro atoms. The Labute approximate surface area is 137 Å². The number of aromatic nitrogens is 5. The van der Waals surface area contributed by atoms with Crippen molar-refractivity contribution in [3.63, 3.8) is 0 Å². The number of alkyl halides is 1. The van der Waals surface area contributed by atoms with E-state index in [4.69, 9.17) is 0 Å². The number of fused-ring (bicyclic) bond motifs is 2. The van der Waals surface area contributed by atoms with E-state index in [1.54, 1.807) is 4.52 Å². The van der Waals surface area contributed by atoms with Crippen LogP contribution >= 0.6 is 0 Å². The van der Waals surface area contributed by atoms with Gasteiger partial charge in [0.2, 0.25) is 5.95 Å². The molecular formula is C17H15FN6. The van der Waals surface area contributed by atoms with Crippen molar-refractivity contribution in [2.24, 2.45) is 0 Å². The molecule has 24 heavy (non-hydrogen) atoms. The first-order valence-electron chi connectivity index (χ1n) is 7.99. The fourth-order valence-corrected chi connectivity index (χ4v) is 2.99. The molecule has 3 aromatic rings. The molecule has 0 saturated heterocycles. The molecule has 0 aliphatic heterocycles. The van der Waals surface area contributed by atoms with Crippen LogP contribution in [0.5, 0.6) is 0 Å². The highest BCUT2D eigenvalue weighted by molar-refractivity contribution is 5.83. The van der Waals surface area contributed by atoms with Gasteiger partial charge in [0.05, 0.1) is 12.2 Å². The Bertz CT molecular complexity index is 972. The first kappa shape index (κ1) is 13.6. The number of allylic oxidation sites excluding steroid dienone is 1. The van der Waals surface area contributed by atoms with Gasteiger partial charge in [0.25, 0.3) is 0 Å². The zero-order chi connectivity index (χ0) is 16.1. The van der Waals surface area contributed by atoms with E-state index in [0.29, 0.717) is 18.8 Å². The topological polar surface area (TPSA) is 68.0 Å². The van der Waals surface area contributed by atoms with E-state index in [0.717, 1.165) is 34.5 Å². The molecule has 1 fully saturated rings. The third-order valence-electron chi connectivity index (χ3n) is 4.60. The summed E-state index contributed by atoms with van der Waals surface area (Å²) in [5, 5.41) is 7.19. The lowest BCUT2D eigenvalue weighted by Gasteiger charge is -2.10. The van der Waals surface area contributed by atoms with Crippen molar-refractivity contribution in [2.45, 2.75) is 24.9 Å². The van der Waals surface area contributed by atoms with Crippen LogP contribution in [-0.4, -0.2) is 36.8 Å². The monoisotopic (exact) mass is 322 g/mol. The number of pyridine rings is 1. The van der Waals surface area contributed by atoms with Gasteiger partial charge in [-0.3, -0.25) is 0 Å². The molecule has 0 aromatic carbocycles. The van der Waals surface area contributed by atoms with Crippen LogP contribution in [0.2, 0.25) is 0 Å². The average Bonchev–Trinajstić information content (AvgIpc) is 3.02. The Kier molecular flexibility index (Phi) is 2.74. The molecule has 7 heteroatoms. The van der Waals surface area contributed by atoms with Crippen LogP contribution < -0.4 is 5.32 Å². The summed E-state index contributed by atoms with van der Waals surface area (Å²) < 4.78 is 15.5. The Hall–Kier alpha value is -2.83. The van der Waals surface area contributed by atoms with Crippen LogP contribution in [0.25, 0.3) is 11.2 Å². The highest BCUT2D eigenvalue weighted by Crippen LogP contribution is 2.39. The van der Waals surface area contributed by atoms with E-state index in [9.17, 15) is 4.39 Å². The van der Waals surface area contributed by atoms with Crippen molar-refractivity contribution in [1.82, 2.24) is 24.6 Å². The molecular weight excluding hydrogens is 307 g/mol. The summed E-state index contributed by atoms with van der Waals surface area (Å²) in [4.78, 5) is 13.0. The molecule has 3 heterocycles. The van der Waals surface area contributed by atoms with Gasteiger partial charge in [0, 0.05) is 29.9 Å². The second-order valence-electron chi connectivity index (χ2n) is 6.36. The number of nitrogens with one attached hydrogen (secondary N) is 1. The Morgan fingerprint density at radius 3 is 3.04 bits per heavy atom. The molecule has 0 radical (unpaired) electrons. The largest absolute Gasteiger partial charge is 0.351 e. The van der Waals surface area contributed by atoms with Gasteiger partial charge in [-0.2, -0.15) is 5.10 Å². The minimum absolute atomic E-state index is 0.287. The smallest absolute Gasteiger partial charge is 0.223 e. The maximum absolute atomic E-state index is 13.7. The maximum Gasteiger partial charge on any atom is 0.223 e. The van der Waals surface area contributed by atoms with E-state index in [1.807, 2.05) is 24.5 Å². The third-order valence-corrected chi connectivity index (χ3v) is 4.60. The van der Waals surface area contributed by atoms with E-state index >= 15 is 0 Å². The van der Waals surface area contributed by atoms with Gasteiger partial charge in [-0.05, 0) is 30.5 Å². The van der Waals surface area contributed by atoms with Crippen molar-refractivity contribution < 1.29 is 4.39 Å². The Morgan fingerprint density at radius 1 is 1.25 bits per heavy atom. The molecule has 0 amide bonds. The van der Waals surface area contributed by atoms with E-state index in [-0.39, 0.29) is 6.54 Å². The number of hydrogen-bond acceptors (Lipinski definition) is 5. The molecule has 1 saturated carbocycles. The number of hydrogen-bond donors (Lipinski definition) is 1. The lowest BCUT2D eigenvalue weighted by atomic mass is 10.0. The van der Waals surface area contributed by atoms with E-state index in [1.165, 1.54) is 6.33 Å². The lowest BCUT2D eigenvalue weighted by Crippen LogP contribution is -2.17. The SMILES string of the molecule is FC1(CNc2ncc3c(n2)CC=C3c2ccc3ncnn3c2)CC1. The maximum atomic E-state index is 13.7. The van der Waals surface area contributed by atoms with E-state index in [2.05, 4.69) is 31.4 Å². The van der Waals surface area contributed by atoms with Crippen LogP contribution in [0.15, 0.2) is 36.9 Å². The van der Waals surface area contributed by atoms with Gasteiger partial charge in [-0.25, -0.2) is 23.9 Å². The summed E-state index contributed by atoms with van der Waals surface area (Å²) in [6, 6.07) is 3.96. The average molecular weight is 322 g/mol. The Morgan fingerprint density at radius 2 is 2.17 bits per heavy atom. The number of halogens is 1. The predicted octanol–water partition coefficient (Wildman–Crippen LogP) is 2.42. The molecule has 5 rings (SSSR count). The molecule has 3 aromatic heterocycles. The third kappa shape index (κ3) is 2.24. The Balaban J connectivity index is 1.43. The lowest BCUT2D eigenvalue weighted by molar-refractivity contribution is 0.326. The molecule has 2 aliphatic carbocycles. The first-order valence-corrected chi connectivity index (χ1v) is 7.99. The van der Waals surface area contributed by atoms with Crippen molar-refractivity contribution in [3.8, 4) is 0 Å². The number of nitrogens with zero attached hydrogens (tertiary/aromatic N) is 5. The van der Waals surface area contributed by atoms with Crippen molar-refractivity contribution in [2.75, 3.05) is 11.9 Å². The summed E-state index contributed by atoms with van der Waals surface area (Å²) in [6.07, 6.45) is 9.44. The summed E-state index contributed by atoms with van der Waals surface area (Å²) >= 11 is 0. The van der Waals surface area contributed by atoms with Gasteiger partial charge >= 0.3 is 0 Å². The van der Waals surface area contributed by atoms with Crippen molar-refractivity contribution in [1.29, 1.82) is 0 Å². The standard InChI is InChI=1S/C17H15FN6/c18-17(5-6-17)9-20-16-19-7-13-12(2-3-14(13)23-16)11-1-4-15-21-10-22-24(15)8-11/h1-2,4,7-8,10H,3,5-6,9H2,(H,19,20,23). The van der Waals surface area contributed by atoms with Crippen molar-refractivity contribution >= 4 is 17.2 Å². The summed E-state index contributed by atoms with van der Waals surface area (Å²) in [5.74, 6) is 0.499. The molecule has 0 bridgehead atoms. The summed E-state index contributed by atoms with van der Waals surface area (Å²) in [6.45, 7) is 0.287. The van der Waals surface area contributed by atoms with Crippen molar-refractivity contribution in [3.05, 3.63) is 53.8 Å². The minimum Gasteiger partial charge on any atom is -0.351 e. The molecule has 6 nitrogen and oxygen atoms in total. The van der Waals surface area contributed by atoms with Gasteiger partial charge in [0.1, 0.15) is 12.0 Å². The van der Waals surface area contributed by atoms with Gasteiger partial charge in [0.15, 0.2) is 5.65 Å². The van der Waals surface area contributed by atoms with Crippen LogP contribution in [0.1, 0.15) is 29.7 Å². The second-order valence-corrected chi connectivity index (χ2v) is 6.36. The molecule has 1 N–H and O–H groups in total. The fourth-order valence-electron chi connectivity index (χ4n) is 2.99. The fraction of sp³-hybridized carbons (Fsp3) is 0.294. The predicted molar refractivity (Wildman–Crippen MR) is 87.4 cm³/mol. The van der Waals surface area contributed by atoms with Gasteiger partial charge in [-0.15, -0.1) is 0 Å². The van der Waals surface area contributed by atoms with Crippen LogP contribution in [0, 0.1) is 0 Å². The van der Waals surface area contributed by atoms with Crippen LogP contribution in [0.3, 0.4) is 0 Å². The molecule has 0 atom stereocenters. The van der Waals surface area contributed by atoms with Crippen LogP contribution in [-0.2, 0) is 6.42 Å². The zero-order valence-electron chi connectivity index (χ0n) is 12.9. The normalized spacial score (nSPS) is 17.6. The molecule has 0 unspecified atom stereocenters. The van der Waals surface area contributed by atoms with Gasteiger partial charge < -0.3 is 5.32 Å². The van der Waals surface area contributed by atoms with Crippen LogP contribution in [0.4, 0.5) is 10.3 Å².